The molecule has 4 rings (SSSR count). The monoisotopic (exact) mass is 392 g/mol. The van der Waals surface area contributed by atoms with E-state index in [2.05, 4.69) is 14.9 Å². The fraction of sp³-hybridized carbons (Fsp3) is 0.294. The number of thiophene rings is 1. The van der Waals surface area contributed by atoms with Gasteiger partial charge in [-0.2, -0.15) is 4.31 Å². The Morgan fingerprint density at radius 3 is 2.62 bits per heavy atom. The number of fused-ring (bicyclic) bond motifs is 1. The fourth-order valence-corrected chi connectivity index (χ4v) is 5.54. The van der Waals surface area contributed by atoms with Crippen molar-refractivity contribution < 1.29 is 12.8 Å². The SMILES string of the molecule is Cc1cc(F)cc(S(=O)(=O)N2CCN(c3ncnc4ccsc34)CC2)c1. The highest BCUT2D eigenvalue weighted by Gasteiger charge is 2.30. The predicted molar refractivity (Wildman–Crippen MR) is 99.5 cm³/mol. The number of hydrogen-bond acceptors (Lipinski definition) is 6. The van der Waals surface area contributed by atoms with E-state index in [-0.39, 0.29) is 4.90 Å². The molecule has 0 radical (unpaired) electrons. The summed E-state index contributed by atoms with van der Waals surface area (Å²) in [7, 11) is -3.71. The molecule has 0 unspecified atom stereocenters. The molecule has 26 heavy (non-hydrogen) atoms. The molecule has 3 heterocycles. The second kappa shape index (κ2) is 6.57. The highest BCUT2D eigenvalue weighted by atomic mass is 32.2. The van der Waals surface area contributed by atoms with Crippen molar-refractivity contribution in [2.24, 2.45) is 0 Å². The van der Waals surface area contributed by atoms with Crippen molar-refractivity contribution >= 4 is 37.4 Å². The maximum absolute atomic E-state index is 13.6. The van der Waals surface area contributed by atoms with E-state index in [0.29, 0.717) is 31.7 Å². The van der Waals surface area contributed by atoms with Crippen LogP contribution < -0.4 is 4.90 Å². The van der Waals surface area contributed by atoms with E-state index in [1.54, 1.807) is 18.3 Å². The van der Waals surface area contributed by atoms with Crippen molar-refractivity contribution in [2.45, 2.75) is 11.8 Å². The van der Waals surface area contributed by atoms with Gasteiger partial charge in [0.05, 0.1) is 15.1 Å². The molecule has 1 aliphatic heterocycles. The van der Waals surface area contributed by atoms with Gasteiger partial charge in [0.25, 0.3) is 0 Å². The lowest BCUT2D eigenvalue weighted by molar-refractivity contribution is 0.384. The number of nitrogens with zero attached hydrogens (tertiary/aromatic N) is 4. The Balaban J connectivity index is 1.55. The number of sulfonamides is 1. The number of anilines is 1. The van der Waals surface area contributed by atoms with E-state index >= 15 is 0 Å². The van der Waals surface area contributed by atoms with Crippen LogP contribution in [-0.2, 0) is 10.0 Å². The van der Waals surface area contributed by atoms with E-state index in [9.17, 15) is 12.8 Å². The van der Waals surface area contributed by atoms with Gasteiger partial charge in [0.15, 0.2) is 0 Å². The summed E-state index contributed by atoms with van der Waals surface area (Å²) in [5.74, 6) is 0.298. The third-order valence-electron chi connectivity index (χ3n) is 4.42. The third kappa shape index (κ3) is 3.06. The number of benzene rings is 1. The minimum atomic E-state index is -3.71. The second-order valence-corrected chi connectivity index (χ2v) is 9.04. The quantitative estimate of drug-likeness (QED) is 0.686. The molecule has 0 N–H and O–H groups in total. The van der Waals surface area contributed by atoms with Crippen LogP contribution in [0.4, 0.5) is 10.2 Å². The van der Waals surface area contributed by atoms with Crippen molar-refractivity contribution in [2.75, 3.05) is 31.1 Å². The van der Waals surface area contributed by atoms with Crippen molar-refractivity contribution in [3.8, 4) is 0 Å². The predicted octanol–water partition coefficient (Wildman–Crippen LogP) is 2.65. The highest BCUT2D eigenvalue weighted by molar-refractivity contribution is 7.89. The molecule has 1 fully saturated rings. The van der Waals surface area contributed by atoms with Crippen LogP contribution in [0.15, 0.2) is 40.9 Å². The molecule has 0 atom stereocenters. The molecule has 1 saturated heterocycles. The molecule has 0 bridgehead atoms. The largest absolute Gasteiger partial charge is 0.353 e. The standard InChI is InChI=1S/C17H17FN4O2S2/c1-12-8-13(18)10-14(9-12)26(23,24)22-5-3-21(4-6-22)17-16-15(2-7-25-16)19-11-20-17/h2,7-11H,3-6H2,1H3. The maximum atomic E-state index is 13.6. The van der Waals surface area contributed by atoms with Gasteiger partial charge in [0.1, 0.15) is 18.0 Å². The second-order valence-electron chi connectivity index (χ2n) is 6.19. The van der Waals surface area contributed by atoms with Crippen LogP contribution >= 0.6 is 11.3 Å². The highest BCUT2D eigenvalue weighted by Crippen LogP contribution is 2.29. The van der Waals surface area contributed by atoms with Crippen LogP contribution in [0.25, 0.3) is 10.2 Å². The van der Waals surface area contributed by atoms with E-state index in [1.807, 2.05) is 11.4 Å². The van der Waals surface area contributed by atoms with E-state index in [4.69, 9.17) is 0 Å². The van der Waals surface area contributed by atoms with Crippen molar-refractivity contribution in [3.63, 3.8) is 0 Å². The first-order valence-electron chi connectivity index (χ1n) is 8.16. The number of piperazine rings is 1. The average Bonchev–Trinajstić information content (AvgIpc) is 3.10. The Morgan fingerprint density at radius 2 is 1.88 bits per heavy atom. The first-order chi connectivity index (χ1) is 12.4. The zero-order chi connectivity index (χ0) is 18.3. The van der Waals surface area contributed by atoms with E-state index in [0.717, 1.165) is 22.1 Å². The van der Waals surface area contributed by atoms with Gasteiger partial charge < -0.3 is 4.90 Å². The summed E-state index contributed by atoms with van der Waals surface area (Å²) >= 11 is 1.57. The summed E-state index contributed by atoms with van der Waals surface area (Å²) in [4.78, 5) is 10.7. The van der Waals surface area contributed by atoms with Crippen molar-refractivity contribution in [1.82, 2.24) is 14.3 Å². The summed E-state index contributed by atoms with van der Waals surface area (Å²) in [5, 5.41) is 1.97. The Morgan fingerprint density at radius 1 is 1.12 bits per heavy atom. The smallest absolute Gasteiger partial charge is 0.243 e. The first-order valence-corrected chi connectivity index (χ1v) is 10.5. The molecule has 136 valence electrons. The zero-order valence-electron chi connectivity index (χ0n) is 14.1. The molecule has 1 aliphatic rings. The zero-order valence-corrected chi connectivity index (χ0v) is 15.7. The number of aromatic nitrogens is 2. The Bertz CT molecular complexity index is 1040. The van der Waals surface area contributed by atoms with E-state index < -0.39 is 15.8 Å². The fourth-order valence-electron chi connectivity index (χ4n) is 3.14. The van der Waals surface area contributed by atoms with Gasteiger partial charge >= 0.3 is 0 Å². The molecule has 1 aromatic carbocycles. The van der Waals surface area contributed by atoms with Crippen molar-refractivity contribution in [1.29, 1.82) is 0 Å². The average molecular weight is 392 g/mol. The molecule has 0 saturated carbocycles. The number of halogens is 1. The Labute approximate surface area is 155 Å². The van der Waals surface area contributed by atoms with Gasteiger partial charge in [-0.15, -0.1) is 11.3 Å². The van der Waals surface area contributed by atoms with Gasteiger partial charge in [-0.05, 0) is 42.1 Å². The molecule has 6 nitrogen and oxygen atoms in total. The Kier molecular flexibility index (Phi) is 4.37. The molecule has 9 heteroatoms. The number of rotatable bonds is 3. The molecule has 0 aliphatic carbocycles. The molecule has 0 amide bonds. The van der Waals surface area contributed by atoms with Crippen LogP contribution in [0, 0.1) is 12.7 Å². The van der Waals surface area contributed by atoms with Gasteiger partial charge in [-0.25, -0.2) is 22.8 Å². The summed E-state index contributed by atoms with van der Waals surface area (Å²) in [6, 6.07) is 5.84. The third-order valence-corrected chi connectivity index (χ3v) is 7.19. The van der Waals surface area contributed by atoms with Gasteiger partial charge in [-0.1, -0.05) is 0 Å². The molecule has 0 spiro atoms. The minimum Gasteiger partial charge on any atom is -0.353 e. The van der Waals surface area contributed by atoms with E-state index in [1.165, 1.54) is 22.8 Å². The van der Waals surface area contributed by atoms with Crippen LogP contribution in [0.1, 0.15) is 5.56 Å². The lowest BCUT2D eigenvalue weighted by Gasteiger charge is -2.34. The lowest BCUT2D eigenvalue weighted by atomic mass is 10.2. The number of aryl methyl sites for hydroxylation is 1. The van der Waals surface area contributed by atoms with Crippen LogP contribution in [0.5, 0.6) is 0 Å². The molecular formula is C17H17FN4O2S2. The van der Waals surface area contributed by atoms with Gasteiger partial charge in [-0.3, -0.25) is 0 Å². The summed E-state index contributed by atoms with van der Waals surface area (Å²) in [5.41, 5.74) is 1.48. The molecular weight excluding hydrogens is 375 g/mol. The van der Waals surface area contributed by atoms with Gasteiger partial charge in [0.2, 0.25) is 10.0 Å². The number of hydrogen-bond donors (Lipinski definition) is 0. The Hall–Kier alpha value is -2.10. The minimum absolute atomic E-state index is 0.00568. The molecule has 3 aromatic rings. The lowest BCUT2D eigenvalue weighted by Crippen LogP contribution is -2.49. The van der Waals surface area contributed by atoms with Crippen LogP contribution in [0.2, 0.25) is 0 Å². The first kappa shape index (κ1) is 17.3. The van der Waals surface area contributed by atoms with Crippen molar-refractivity contribution in [3.05, 3.63) is 47.4 Å². The maximum Gasteiger partial charge on any atom is 0.243 e. The summed E-state index contributed by atoms with van der Waals surface area (Å²) in [6.07, 6.45) is 1.53. The van der Waals surface area contributed by atoms with Crippen LogP contribution in [-0.4, -0.2) is 48.9 Å². The molecule has 2 aromatic heterocycles. The summed E-state index contributed by atoms with van der Waals surface area (Å²) in [6.45, 7) is 3.39. The van der Waals surface area contributed by atoms with Gasteiger partial charge in [0, 0.05) is 26.2 Å². The topological polar surface area (TPSA) is 66.4 Å². The summed E-state index contributed by atoms with van der Waals surface area (Å²) < 4.78 is 41.7. The van der Waals surface area contributed by atoms with Crippen LogP contribution in [0.3, 0.4) is 0 Å². The normalized spacial score (nSPS) is 16.3.